The Labute approximate surface area is 191 Å². The average molecular weight is 480 g/mol. The summed E-state index contributed by atoms with van der Waals surface area (Å²) >= 11 is 3.42. The molecule has 3 aromatic carbocycles. The number of hydrogen-bond donors (Lipinski definition) is 0. The Morgan fingerprint density at radius 1 is 0.903 bits per heavy atom. The van der Waals surface area contributed by atoms with Crippen LogP contribution in [0.2, 0.25) is 0 Å². The molecule has 1 fully saturated rings. The molecule has 0 spiro atoms. The number of halogens is 1. The van der Waals surface area contributed by atoms with E-state index in [9.17, 15) is 4.79 Å². The first-order valence-electron chi connectivity index (χ1n) is 10.6. The predicted molar refractivity (Wildman–Crippen MR) is 126 cm³/mol. The van der Waals surface area contributed by atoms with E-state index >= 15 is 0 Å². The van der Waals surface area contributed by atoms with Gasteiger partial charge in [-0.1, -0.05) is 45.8 Å². The molecule has 0 aromatic heterocycles. The van der Waals surface area contributed by atoms with Gasteiger partial charge in [-0.15, -0.1) is 0 Å². The van der Waals surface area contributed by atoms with Crippen molar-refractivity contribution in [3.05, 3.63) is 94.0 Å². The lowest BCUT2D eigenvalue weighted by atomic mass is 10.1. The molecule has 0 radical (unpaired) electrons. The molecule has 1 heterocycles. The van der Waals surface area contributed by atoms with Crippen LogP contribution in [0.1, 0.15) is 34.3 Å². The van der Waals surface area contributed by atoms with Gasteiger partial charge in [-0.05, 0) is 61.0 Å². The molecule has 0 bridgehead atoms. The summed E-state index contributed by atoms with van der Waals surface area (Å²) in [5.41, 5.74) is 3.01. The third-order valence-corrected chi connectivity index (χ3v) is 6.00. The molecule has 1 aliphatic heterocycles. The zero-order valence-electron chi connectivity index (χ0n) is 17.6. The van der Waals surface area contributed by atoms with Crippen LogP contribution in [0.15, 0.2) is 77.3 Å². The van der Waals surface area contributed by atoms with Crippen molar-refractivity contribution < 1.29 is 14.3 Å². The second-order valence-electron chi connectivity index (χ2n) is 7.86. The van der Waals surface area contributed by atoms with Crippen molar-refractivity contribution in [3.63, 3.8) is 0 Å². The minimum Gasteiger partial charge on any atom is -0.490 e. The van der Waals surface area contributed by atoms with Gasteiger partial charge in [-0.25, -0.2) is 0 Å². The molecule has 0 N–H and O–H groups in total. The smallest absolute Gasteiger partial charge is 0.253 e. The molecule has 160 valence electrons. The minimum absolute atomic E-state index is 0.105. The summed E-state index contributed by atoms with van der Waals surface area (Å²) in [5, 5.41) is 0. The van der Waals surface area contributed by atoms with Crippen molar-refractivity contribution in [3.8, 4) is 11.5 Å². The van der Waals surface area contributed by atoms with Gasteiger partial charge >= 0.3 is 0 Å². The van der Waals surface area contributed by atoms with E-state index in [0.717, 1.165) is 58.6 Å². The first kappa shape index (κ1) is 21.4. The first-order chi connectivity index (χ1) is 15.1. The molecule has 31 heavy (non-hydrogen) atoms. The van der Waals surface area contributed by atoms with Crippen molar-refractivity contribution in [2.24, 2.45) is 0 Å². The van der Waals surface area contributed by atoms with E-state index in [1.165, 1.54) is 0 Å². The zero-order valence-corrected chi connectivity index (χ0v) is 19.2. The summed E-state index contributed by atoms with van der Waals surface area (Å²) in [6.45, 7) is 3.98. The van der Waals surface area contributed by atoms with Crippen LogP contribution in [-0.2, 0) is 6.61 Å². The van der Waals surface area contributed by atoms with Gasteiger partial charge in [0.25, 0.3) is 5.91 Å². The van der Waals surface area contributed by atoms with Gasteiger partial charge in [-0.3, -0.25) is 4.79 Å². The Hall–Kier alpha value is -2.79. The highest BCUT2D eigenvalue weighted by Gasteiger charge is 2.24. The number of likely N-dealkylation sites (tertiary alicyclic amines) is 1. The number of piperidine rings is 1. The fourth-order valence-corrected chi connectivity index (χ4v) is 3.87. The van der Waals surface area contributed by atoms with Gasteiger partial charge in [0.1, 0.15) is 24.2 Å². The normalized spacial score (nSPS) is 14.3. The SMILES string of the molecule is Cc1ccc(C(=O)N2CCC(Oc3ccc(COc4ccc(Br)cc4)cc3)CC2)cc1. The van der Waals surface area contributed by atoms with Gasteiger partial charge in [0.2, 0.25) is 0 Å². The number of amides is 1. The summed E-state index contributed by atoms with van der Waals surface area (Å²) < 4.78 is 13.0. The molecule has 0 atom stereocenters. The van der Waals surface area contributed by atoms with Crippen LogP contribution < -0.4 is 9.47 Å². The van der Waals surface area contributed by atoms with Crippen molar-refractivity contribution in [2.45, 2.75) is 32.5 Å². The Bertz CT molecular complexity index is 992. The molecule has 4 rings (SSSR count). The van der Waals surface area contributed by atoms with E-state index in [1.807, 2.05) is 84.6 Å². The van der Waals surface area contributed by atoms with Gasteiger partial charge in [0.05, 0.1) is 0 Å². The maximum atomic E-state index is 12.7. The van der Waals surface area contributed by atoms with Crippen molar-refractivity contribution in [2.75, 3.05) is 13.1 Å². The Morgan fingerprint density at radius 3 is 2.16 bits per heavy atom. The topological polar surface area (TPSA) is 38.8 Å². The van der Waals surface area contributed by atoms with Crippen LogP contribution in [-0.4, -0.2) is 30.0 Å². The van der Waals surface area contributed by atoms with E-state index < -0.39 is 0 Å². The fraction of sp³-hybridized carbons (Fsp3) is 0.269. The van der Waals surface area contributed by atoms with Crippen molar-refractivity contribution in [1.82, 2.24) is 4.90 Å². The van der Waals surface area contributed by atoms with Gasteiger partial charge in [-0.2, -0.15) is 0 Å². The lowest BCUT2D eigenvalue weighted by molar-refractivity contribution is 0.0595. The molecular weight excluding hydrogens is 454 g/mol. The molecule has 1 aliphatic rings. The summed E-state index contributed by atoms with van der Waals surface area (Å²) in [5.74, 6) is 1.81. The Kier molecular flexibility index (Phi) is 6.92. The van der Waals surface area contributed by atoms with Crippen LogP contribution >= 0.6 is 15.9 Å². The number of rotatable bonds is 6. The van der Waals surface area contributed by atoms with E-state index in [0.29, 0.717) is 6.61 Å². The molecule has 0 saturated carbocycles. The van der Waals surface area contributed by atoms with E-state index in [4.69, 9.17) is 9.47 Å². The predicted octanol–water partition coefficient (Wildman–Crippen LogP) is 6.02. The number of ether oxygens (including phenoxy) is 2. The molecule has 1 amide bonds. The monoisotopic (exact) mass is 479 g/mol. The summed E-state index contributed by atoms with van der Waals surface area (Å²) in [7, 11) is 0. The standard InChI is InChI=1S/C26H26BrNO3/c1-19-2-6-21(7-3-19)26(29)28-16-14-25(15-17-28)31-24-10-4-20(5-11-24)18-30-23-12-8-22(27)9-13-23/h2-13,25H,14-18H2,1H3. The van der Waals surface area contributed by atoms with Crippen LogP contribution in [0.4, 0.5) is 0 Å². The highest BCUT2D eigenvalue weighted by Crippen LogP contribution is 2.22. The molecule has 0 unspecified atom stereocenters. The van der Waals surface area contributed by atoms with Crippen molar-refractivity contribution >= 4 is 21.8 Å². The Morgan fingerprint density at radius 2 is 1.52 bits per heavy atom. The molecule has 4 nitrogen and oxygen atoms in total. The fourth-order valence-electron chi connectivity index (χ4n) is 3.61. The maximum absolute atomic E-state index is 12.7. The van der Waals surface area contributed by atoms with E-state index in [2.05, 4.69) is 15.9 Å². The number of nitrogens with zero attached hydrogens (tertiary/aromatic N) is 1. The minimum atomic E-state index is 0.105. The molecule has 5 heteroatoms. The van der Waals surface area contributed by atoms with Gasteiger partial charge in [0.15, 0.2) is 0 Å². The lowest BCUT2D eigenvalue weighted by Gasteiger charge is -2.32. The summed E-state index contributed by atoms with van der Waals surface area (Å²) in [6, 6.07) is 23.6. The second-order valence-corrected chi connectivity index (χ2v) is 8.78. The van der Waals surface area contributed by atoms with E-state index in [-0.39, 0.29) is 12.0 Å². The van der Waals surface area contributed by atoms with Gasteiger partial charge in [0, 0.05) is 36.0 Å². The van der Waals surface area contributed by atoms with Crippen LogP contribution in [0, 0.1) is 6.92 Å². The molecular formula is C26H26BrNO3. The molecule has 0 aliphatic carbocycles. The van der Waals surface area contributed by atoms with Crippen LogP contribution in [0.5, 0.6) is 11.5 Å². The number of benzene rings is 3. The van der Waals surface area contributed by atoms with Gasteiger partial charge < -0.3 is 14.4 Å². The number of hydrogen-bond acceptors (Lipinski definition) is 3. The quantitative estimate of drug-likeness (QED) is 0.433. The maximum Gasteiger partial charge on any atom is 0.253 e. The third-order valence-electron chi connectivity index (χ3n) is 5.47. The highest BCUT2D eigenvalue weighted by molar-refractivity contribution is 9.10. The second kappa shape index (κ2) is 10.0. The van der Waals surface area contributed by atoms with E-state index in [1.54, 1.807) is 0 Å². The third kappa shape index (κ3) is 5.88. The number of carbonyl (C=O) groups excluding carboxylic acids is 1. The molecule has 3 aromatic rings. The highest BCUT2D eigenvalue weighted by atomic mass is 79.9. The van der Waals surface area contributed by atoms with Crippen molar-refractivity contribution in [1.29, 1.82) is 0 Å². The number of aryl methyl sites for hydroxylation is 1. The summed E-state index contributed by atoms with van der Waals surface area (Å²) in [6.07, 6.45) is 1.81. The largest absolute Gasteiger partial charge is 0.490 e. The zero-order chi connectivity index (χ0) is 21.6. The molecule has 1 saturated heterocycles. The lowest BCUT2D eigenvalue weighted by Crippen LogP contribution is -2.41. The van der Waals surface area contributed by atoms with Crippen LogP contribution in [0.3, 0.4) is 0 Å². The number of carbonyl (C=O) groups is 1. The first-order valence-corrected chi connectivity index (χ1v) is 11.4. The average Bonchev–Trinajstić information content (AvgIpc) is 2.80. The van der Waals surface area contributed by atoms with Crippen LogP contribution in [0.25, 0.3) is 0 Å². The summed E-state index contributed by atoms with van der Waals surface area (Å²) in [4.78, 5) is 14.6. The Balaban J connectivity index is 1.24.